The van der Waals surface area contributed by atoms with E-state index in [0.717, 1.165) is 22.5 Å². The Balaban J connectivity index is 1.09. The molecule has 0 spiro atoms. The molecule has 10 aromatic rings. The van der Waals surface area contributed by atoms with Gasteiger partial charge in [0.1, 0.15) is 0 Å². The molecule has 0 N–H and O–H groups in total. The minimum absolute atomic E-state index is 0.665. The molecule has 2 aromatic heterocycles. The first-order chi connectivity index (χ1) is 25.7. The van der Waals surface area contributed by atoms with Crippen molar-refractivity contribution in [2.24, 2.45) is 0 Å². The second kappa shape index (κ2) is 12.0. The van der Waals surface area contributed by atoms with Crippen LogP contribution in [0.3, 0.4) is 0 Å². The van der Waals surface area contributed by atoms with Crippen molar-refractivity contribution < 1.29 is 0 Å². The number of para-hydroxylation sites is 2. The van der Waals surface area contributed by atoms with E-state index in [2.05, 4.69) is 185 Å². The molecule has 8 aromatic carbocycles. The van der Waals surface area contributed by atoms with Crippen LogP contribution in [0.5, 0.6) is 0 Å². The van der Waals surface area contributed by atoms with Crippen molar-refractivity contribution in [3.05, 3.63) is 194 Å². The SMILES string of the molecule is N#Cc1cccc(-c2ccc(-n3c4ccccc4c4cc(-c5ccc6c(c5)c5ccccc5n6-c5cccc(-c6ccccc6)c5)ccc43)cc2)c1. The zero-order valence-corrected chi connectivity index (χ0v) is 28.2. The lowest BCUT2D eigenvalue weighted by atomic mass is 10.0. The molecule has 10 rings (SSSR count). The van der Waals surface area contributed by atoms with E-state index in [9.17, 15) is 5.26 Å². The van der Waals surface area contributed by atoms with E-state index in [1.165, 1.54) is 65.9 Å². The zero-order valence-electron chi connectivity index (χ0n) is 28.2. The normalized spacial score (nSPS) is 11.4. The van der Waals surface area contributed by atoms with Crippen molar-refractivity contribution in [2.75, 3.05) is 0 Å². The summed E-state index contributed by atoms with van der Waals surface area (Å²) >= 11 is 0. The van der Waals surface area contributed by atoms with Gasteiger partial charge >= 0.3 is 0 Å². The monoisotopic (exact) mass is 661 g/mol. The lowest BCUT2D eigenvalue weighted by molar-refractivity contribution is 1.18. The first kappa shape index (κ1) is 29.7. The Morgan fingerprint density at radius 1 is 0.308 bits per heavy atom. The molecule has 0 amide bonds. The van der Waals surface area contributed by atoms with Gasteiger partial charge in [-0.1, -0.05) is 115 Å². The van der Waals surface area contributed by atoms with E-state index in [0.29, 0.717) is 5.56 Å². The quantitative estimate of drug-likeness (QED) is 0.181. The van der Waals surface area contributed by atoms with Crippen LogP contribution in [0.25, 0.3) is 88.4 Å². The Morgan fingerprint density at radius 3 is 1.40 bits per heavy atom. The summed E-state index contributed by atoms with van der Waals surface area (Å²) in [7, 11) is 0. The third kappa shape index (κ3) is 4.81. The van der Waals surface area contributed by atoms with Gasteiger partial charge in [0.25, 0.3) is 0 Å². The molecular formula is C49H31N3. The molecule has 242 valence electrons. The Bertz CT molecular complexity index is 3010. The predicted octanol–water partition coefficient (Wildman–Crippen LogP) is 12.8. The summed E-state index contributed by atoms with van der Waals surface area (Å²) in [5.74, 6) is 0. The first-order valence-corrected chi connectivity index (χ1v) is 17.6. The van der Waals surface area contributed by atoms with Crippen LogP contribution < -0.4 is 0 Å². The summed E-state index contributed by atoms with van der Waals surface area (Å²) in [4.78, 5) is 0. The summed E-state index contributed by atoms with van der Waals surface area (Å²) in [6.07, 6.45) is 0. The third-order valence-corrected chi connectivity index (χ3v) is 10.3. The van der Waals surface area contributed by atoms with E-state index in [1.54, 1.807) is 0 Å². The van der Waals surface area contributed by atoms with Gasteiger partial charge in [-0.15, -0.1) is 0 Å². The fourth-order valence-electron chi connectivity index (χ4n) is 7.89. The summed E-state index contributed by atoms with van der Waals surface area (Å²) in [5.41, 5.74) is 14.6. The molecular weight excluding hydrogens is 631 g/mol. The fraction of sp³-hybridized carbons (Fsp3) is 0. The van der Waals surface area contributed by atoms with Crippen molar-refractivity contribution in [3.63, 3.8) is 0 Å². The van der Waals surface area contributed by atoms with Gasteiger partial charge < -0.3 is 9.13 Å². The Kier molecular flexibility index (Phi) is 6.87. The number of fused-ring (bicyclic) bond motifs is 6. The molecule has 3 heteroatoms. The highest BCUT2D eigenvalue weighted by molar-refractivity contribution is 6.12. The highest BCUT2D eigenvalue weighted by Gasteiger charge is 2.16. The zero-order chi connectivity index (χ0) is 34.6. The summed E-state index contributed by atoms with van der Waals surface area (Å²) < 4.78 is 4.74. The molecule has 0 aliphatic rings. The van der Waals surface area contributed by atoms with Gasteiger partial charge in [0.15, 0.2) is 0 Å². The van der Waals surface area contributed by atoms with Crippen LogP contribution in [0, 0.1) is 11.3 Å². The van der Waals surface area contributed by atoms with Crippen LogP contribution in [0.15, 0.2) is 188 Å². The number of hydrogen-bond donors (Lipinski definition) is 0. The maximum Gasteiger partial charge on any atom is 0.0991 e. The maximum absolute atomic E-state index is 9.39. The van der Waals surface area contributed by atoms with Gasteiger partial charge in [-0.25, -0.2) is 0 Å². The highest BCUT2D eigenvalue weighted by Crippen LogP contribution is 2.39. The number of aromatic nitrogens is 2. The largest absolute Gasteiger partial charge is 0.309 e. The van der Waals surface area contributed by atoms with Crippen LogP contribution >= 0.6 is 0 Å². The van der Waals surface area contributed by atoms with Crippen molar-refractivity contribution in [1.82, 2.24) is 9.13 Å². The van der Waals surface area contributed by atoms with Crippen LogP contribution in [0.4, 0.5) is 0 Å². The van der Waals surface area contributed by atoms with E-state index >= 15 is 0 Å². The van der Waals surface area contributed by atoms with Crippen molar-refractivity contribution in [2.45, 2.75) is 0 Å². The van der Waals surface area contributed by atoms with Crippen molar-refractivity contribution >= 4 is 43.6 Å². The summed E-state index contributed by atoms with van der Waals surface area (Å²) in [6, 6.07) is 69.2. The van der Waals surface area contributed by atoms with Crippen LogP contribution in [0.1, 0.15) is 5.56 Å². The van der Waals surface area contributed by atoms with E-state index in [4.69, 9.17) is 0 Å². The van der Waals surface area contributed by atoms with E-state index in [-0.39, 0.29) is 0 Å². The standard InChI is InChI=1S/C49H31N3/c50-32-33-10-8-13-36(28-33)35-20-24-40(25-21-35)51-46-18-6-4-16-42(46)44-30-38(22-26-48(44)51)39-23-27-49-45(31-39)43-17-5-7-19-47(43)52(49)41-15-9-14-37(29-41)34-11-2-1-3-12-34/h1-31H. The number of nitriles is 1. The third-order valence-electron chi connectivity index (χ3n) is 10.3. The molecule has 0 fully saturated rings. The molecule has 0 aliphatic heterocycles. The Morgan fingerprint density at radius 2 is 0.769 bits per heavy atom. The molecule has 0 saturated carbocycles. The van der Waals surface area contributed by atoms with Gasteiger partial charge in [-0.3, -0.25) is 0 Å². The number of hydrogen-bond acceptors (Lipinski definition) is 1. The molecule has 52 heavy (non-hydrogen) atoms. The van der Waals surface area contributed by atoms with Crippen LogP contribution in [0.2, 0.25) is 0 Å². The Labute approximate surface area is 301 Å². The number of benzene rings is 8. The predicted molar refractivity (Wildman–Crippen MR) is 216 cm³/mol. The van der Waals surface area contributed by atoms with Gasteiger partial charge in [-0.2, -0.15) is 5.26 Å². The molecule has 0 radical (unpaired) electrons. The van der Waals surface area contributed by atoms with Gasteiger partial charge in [-0.05, 0) is 106 Å². The van der Waals surface area contributed by atoms with E-state index in [1.807, 2.05) is 18.2 Å². The number of rotatable bonds is 5. The highest BCUT2D eigenvalue weighted by atomic mass is 15.0. The van der Waals surface area contributed by atoms with E-state index < -0.39 is 0 Å². The van der Waals surface area contributed by atoms with Crippen LogP contribution in [-0.2, 0) is 0 Å². The minimum atomic E-state index is 0.665. The molecule has 2 heterocycles. The fourth-order valence-corrected chi connectivity index (χ4v) is 7.89. The topological polar surface area (TPSA) is 33.6 Å². The maximum atomic E-state index is 9.39. The minimum Gasteiger partial charge on any atom is -0.309 e. The second-order valence-electron chi connectivity index (χ2n) is 13.3. The Hall–Kier alpha value is -7.15. The molecule has 3 nitrogen and oxygen atoms in total. The lowest BCUT2D eigenvalue weighted by Gasteiger charge is -2.11. The van der Waals surface area contributed by atoms with Crippen molar-refractivity contribution in [3.8, 4) is 50.8 Å². The smallest absolute Gasteiger partial charge is 0.0991 e. The van der Waals surface area contributed by atoms with Gasteiger partial charge in [0, 0.05) is 32.9 Å². The van der Waals surface area contributed by atoms with Gasteiger partial charge in [0.05, 0.1) is 33.7 Å². The molecule has 0 bridgehead atoms. The molecule has 0 aliphatic carbocycles. The summed E-state index contributed by atoms with van der Waals surface area (Å²) in [5, 5.41) is 14.3. The average Bonchev–Trinajstić information content (AvgIpc) is 3.73. The molecule has 0 unspecified atom stereocenters. The lowest BCUT2D eigenvalue weighted by Crippen LogP contribution is -1.94. The summed E-state index contributed by atoms with van der Waals surface area (Å²) in [6.45, 7) is 0. The number of nitrogens with zero attached hydrogens (tertiary/aromatic N) is 3. The molecule has 0 saturated heterocycles. The van der Waals surface area contributed by atoms with Crippen LogP contribution in [-0.4, -0.2) is 9.13 Å². The molecule has 0 atom stereocenters. The second-order valence-corrected chi connectivity index (χ2v) is 13.3. The van der Waals surface area contributed by atoms with Crippen molar-refractivity contribution in [1.29, 1.82) is 5.26 Å². The van der Waals surface area contributed by atoms with Gasteiger partial charge in [0.2, 0.25) is 0 Å². The average molecular weight is 662 g/mol. The first-order valence-electron chi connectivity index (χ1n) is 17.6.